The Kier molecular flexibility index (Phi) is 7.26. The van der Waals surface area contributed by atoms with E-state index in [1.54, 1.807) is 12.1 Å². The number of carbonyl (C=O) groups is 2. The first kappa shape index (κ1) is 20.9. The van der Waals surface area contributed by atoms with Gasteiger partial charge in [0.2, 0.25) is 5.91 Å². The van der Waals surface area contributed by atoms with Gasteiger partial charge in [-0.05, 0) is 66.5 Å². The first-order valence-electron chi connectivity index (χ1n) is 8.62. The minimum Gasteiger partial charge on any atom is -0.343 e. The molecule has 0 saturated heterocycles. The van der Waals surface area contributed by atoms with Crippen LogP contribution in [0.2, 0.25) is 0 Å². The minimum absolute atomic E-state index is 0.0993. The van der Waals surface area contributed by atoms with Gasteiger partial charge < -0.3 is 15.4 Å². The lowest BCUT2D eigenvalue weighted by atomic mass is 10.2. The maximum atomic E-state index is 13.6. The Labute approximate surface area is 180 Å². The van der Waals surface area contributed by atoms with Gasteiger partial charge in [-0.2, -0.15) is 0 Å². The van der Waals surface area contributed by atoms with Crippen molar-refractivity contribution in [3.63, 3.8) is 0 Å². The van der Waals surface area contributed by atoms with Gasteiger partial charge in [0.15, 0.2) is 0 Å². The number of anilines is 2. The predicted octanol–water partition coefficient (Wildman–Crippen LogP) is 5.08. The van der Waals surface area contributed by atoms with Crippen molar-refractivity contribution in [3.05, 3.63) is 88.6 Å². The average Bonchev–Trinajstić information content (AvgIpc) is 2.72. The molecule has 29 heavy (non-hydrogen) atoms. The standard InChI is InChI=1S/C21H17BrFN3O2S/c22-14-8-10-15(11-9-14)26-29-17-5-3-4-16(12-17)25-20(27)13-24-21(28)18-6-1-2-7-19(18)23/h1-12,26H,13H2,(H,24,28)(H,25,27). The Bertz CT molecular complexity index is 1010. The summed E-state index contributed by atoms with van der Waals surface area (Å²) in [5, 5.41) is 5.13. The number of nitrogens with one attached hydrogen (secondary N) is 3. The molecule has 0 atom stereocenters. The first-order valence-corrected chi connectivity index (χ1v) is 10.2. The molecule has 0 aliphatic carbocycles. The third-order valence-corrected chi connectivity index (χ3v) is 5.13. The summed E-state index contributed by atoms with van der Waals surface area (Å²) in [5.41, 5.74) is 1.44. The minimum atomic E-state index is -0.638. The summed E-state index contributed by atoms with van der Waals surface area (Å²) in [6, 6.07) is 20.7. The molecule has 0 unspecified atom stereocenters. The Hall–Kier alpha value is -2.84. The molecular weight excluding hydrogens is 457 g/mol. The summed E-state index contributed by atoms with van der Waals surface area (Å²) in [6.07, 6.45) is 0. The molecule has 0 bridgehead atoms. The second kappa shape index (κ2) is 10.1. The Morgan fingerprint density at radius 2 is 1.69 bits per heavy atom. The van der Waals surface area contributed by atoms with E-state index in [1.807, 2.05) is 42.5 Å². The number of benzene rings is 3. The second-order valence-corrected chi connectivity index (χ2v) is 7.74. The molecule has 0 fully saturated rings. The molecule has 5 nitrogen and oxygen atoms in total. The van der Waals surface area contributed by atoms with Gasteiger partial charge in [0.1, 0.15) is 5.82 Å². The van der Waals surface area contributed by atoms with Gasteiger partial charge in [0, 0.05) is 20.7 Å². The molecular formula is C21H17BrFN3O2S. The van der Waals surface area contributed by atoms with E-state index in [0.29, 0.717) is 5.69 Å². The summed E-state index contributed by atoms with van der Waals surface area (Å²) in [4.78, 5) is 25.0. The highest BCUT2D eigenvalue weighted by molar-refractivity contribution is 9.10. The van der Waals surface area contributed by atoms with E-state index in [9.17, 15) is 14.0 Å². The summed E-state index contributed by atoms with van der Waals surface area (Å²) >= 11 is 4.80. The van der Waals surface area contributed by atoms with E-state index in [0.717, 1.165) is 15.1 Å². The lowest BCUT2D eigenvalue weighted by Gasteiger charge is -2.10. The molecule has 0 heterocycles. The average molecular weight is 474 g/mol. The zero-order chi connectivity index (χ0) is 20.6. The lowest BCUT2D eigenvalue weighted by Crippen LogP contribution is -2.33. The molecule has 3 N–H and O–H groups in total. The van der Waals surface area contributed by atoms with E-state index >= 15 is 0 Å². The predicted molar refractivity (Wildman–Crippen MR) is 117 cm³/mol. The van der Waals surface area contributed by atoms with Crippen LogP contribution in [-0.4, -0.2) is 18.4 Å². The maximum Gasteiger partial charge on any atom is 0.254 e. The monoisotopic (exact) mass is 473 g/mol. The molecule has 2 amide bonds. The smallest absolute Gasteiger partial charge is 0.254 e. The van der Waals surface area contributed by atoms with Gasteiger partial charge in [-0.1, -0.05) is 34.1 Å². The molecule has 3 rings (SSSR count). The van der Waals surface area contributed by atoms with Crippen LogP contribution in [-0.2, 0) is 4.79 Å². The topological polar surface area (TPSA) is 70.2 Å². The van der Waals surface area contributed by atoms with Crippen LogP contribution in [0.4, 0.5) is 15.8 Å². The second-order valence-electron chi connectivity index (χ2n) is 5.95. The zero-order valence-electron chi connectivity index (χ0n) is 15.1. The highest BCUT2D eigenvalue weighted by atomic mass is 79.9. The molecule has 0 spiro atoms. The Morgan fingerprint density at radius 3 is 2.45 bits per heavy atom. The summed E-state index contributed by atoms with van der Waals surface area (Å²) < 4.78 is 17.8. The molecule has 3 aromatic carbocycles. The third-order valence-electron chi connectivity index (χ3n) is 3.78. The van der Waals surface area contributed by atoms with E-state index in [4.69, 9.17) is 0 Å². The number of hydrogen-bond acceptors (Lipinski definition) is 4. The molecule has 8 heteroatoms. The van der Waals surface area contributed by atoms with Crippen molar-refractivity contribution in [2.45, 2.75) is 4.90 Å². The molecule has 0 aromatic heterocycles. The molecule has 0 aliphatic heterocycles. The van der Waals surface area contributed by atoms with E-state index in [1.165, 1.54) is 30.1 Å². The van der Waals surface area contributed by atoms with Crippen LogP contribution in [0, 0.1) is 5.82 Å². The number of carbonyl (C=O) groups excluding carboxylic acids is 2. The zero-order valence-corrected chi connectivity index (χ0v) is 17.5. The fourth-order valence-corrected chi connectivity index (χ4v) is 3.35. The summed E-state index contributed by atoms with van der Waals surface area (Å²) in [6.45, 7) is -0.262. The van der Waals surface area contributed by atoms with Crippen LogP contribution in [0.1, 0.15) is 10.4 Å². The van der Waals surface area contributed by atoms with E-state index in [2.05, 4.69) is 31.3 Å². The van der Waals surface area contributed by atoms with Gasteiger partial charge in [0.25, 0.3) is 5.91 Å². The van der Waals surface area contributed by atoms with Crippen molar-refractivity contribution in [3.8, 4) is 0 Å². The van der Waals surface area contributed by atoms with Crippen molar-refractivity contribution < 1.29 is 14.0 Å². The van der Waals surface area contributed by atoms with Crippen molar-refractivity contribution in [1.29, 1.82) is 0 Å². The van der Waals surface area contributed by atoms with Gasteiger partial charge in [-0.25, -0.2) is 4.39 Å². The van der Waals surface area contributed by atoms with Gasteiger partial charge in [-0.3, -0.25) is 9.59 Å². The van der Waals surface area contributed by atoms with Crippen LogP contribution in [0.3, 0.4) is 0 Å². The van der Waals surface area contributed by atoms with Crippen LogP contribution >= 0.6 is 27.9 Å². The van der Waals surface area contributed by atoms with E-state index < -0.39 is 17.6 Å². The van der Waals surface area contributed by atoms with Gasteiger partial charge in [-0.15, -0.1) is 0 Å². The fraction of sp³-hybridized carbons (Fsp3) is 0.0476. The van der Waals surface area contributed by atoms with Gasteiger partial charge in [0.05, 0.1) is 12.1 Å². The third kappa shape index (κ3) is 6.33. The Balaban J connectivity index is 1.51. The molecule has 0 radical (unpaired) electrons. The first-order chi connectivity index (χ1) is 14.0. The molecule has 0 saturated carbocycles. The van der Waals surface area contributed by atoms with Crippen LogP contribution in [0.5, 0.6) is 0 Å². The van der Waals surface area contributed by atoms with Crippen LogP contribution in [0.15, 0.2) is 82.2 Å². The molecule has 0 aliphatic rings. The van der Waals surface area contributed by atoms with Gasteiger partial charge >= 0.3 is 0 Å². The van der Waals surface area contributed by atoms with Crippen molar-refractivity contribution in [1.82, 2.24) is 5.32 Å². The van der Waals surface area contributed by atoms with Crippen molar-refractivity contribution >= 4 is 51.1 Å². The normalized spacial score (nSPS) is 10.3. The molecule has 148 valence electrons. The van der Waals surface area contributed by atoms with Crippen LogP contribution < -0.4 is 15.4 Å². The Morgan fingerprint density at radius 1 is 0.931 bits per heavy atom. The number of rotatable bonds is 7. The SMILES string of the molecule is O=C(CNC(=O)c1ccccc1F)Nc1cccc(SNc2ccc(Br)cc2)c1. The molecule has 3 aromatic rings. The summed E-state index contributed by atoms with van der Waals surface area (Å²) in [5.74, 6) is -1.67. The van der Waals surface area contributed by atoms with Crippen LogP contribution in [0.25, 0.3) is 0 Å². The fourth-order valence-electron chi connectivity index (χ4n) is 2.38. The highest BCUT2D eigenvalue weighted by Gasteiger charge is 2.12. The summed E-state index contributed by atoms with van der Waals surface area (Å²) in [7, 11) is 0. The number of amides is 2. The van der Waals surface area contributed by atoms with Crippen molar-refractivity contribution in [2.24, 2.45) is 0 Å². The van der Waals surface area contributed by atoms with E-state index in [-0.39, 0.29) is 12.1 Å². The number of halogens is 2. The lowest BCUT2D eigenvalue weighted by molar-refractivity contribution is -0.115. The highest BCUT2D eigenvalue weighted by Crippen LogP contribution is 2.24. The van der Waals surface area contributed by atoms with Crippen molar-refractivity contribution in [2.75, 3.05) is 16.6 Å². The number of hydrogen-bond donors (Lipinski definition) is 3. The quantitative estimate of drug-likeness (QED) is 0.418. The maximum absolute atomic E-state index is 13.6. The largest absolute Gasteiger partial charge is 0.343 e.